The second kappa shape index (κ2) is 6.65. The zero-order chi connectivity index (χ0) is 18.1. The molecule has 1 aromatic carbocycles. The summed E-state index contributed by atoms with van der Waals surface area (Å²) in [6.45, 7) is 1.88. The molecule has 26 heavy (non-hydrogen) atoms. The molecule has 0 fully saturated rings. The number of carbonyl (C=O) groups is 1. The number of benzene rings is 1. The van der Waals surface area contributed by atoms with Crippen molar-refractivity contribution in [1.29, 1.82) is 0 Å². The van der Waals surface area contributed by atoms with E-state index < -0.39 is 5.97 Å². The molecule has 0 saturated carbocycles. The normalized spacial score (nSPS) is 10.8. The van der Waals surface area contributed by atoms with Crippen LogP contribution in [0.5, 0.6) is 0 Å². The number of carboxylic acid groups (broad SMARTS) is 1. The Morgan fingerprint density at radius 3 is 2.69 bits per heavy atom. The molecule has 0 atom stereocenters. The predicted octanol–water partition coefficient (Wildman–Crippen LogP) is 4.04. The van der Waals surface area contributed by atoms with E-state index in [1.807, 2.05) is 37.3 Å². The largest absolute Gasteiger partial charge is 0.476 e. The molecule has 0 unspecified atom stereocenters. The van der Waals surface area contributed by atoms with E-state index in [-0.39, 0.29) is 5.69 Å². The van der Waals surface area contributed by atoms with Crippen molar-refractivity contribution in [2.24, 2.45) is 0 Å². The number of hydrogen-bond acceptors (Lipinski definition) is 9. The molecule has 130 valence electrons. The SMILES string of the molecule is Cc1cc(Nc2nc3ccccc3s2)nnc1Nc1nc(C(=O)O)cs1. The number of nitrogens with zero attached hydrogens (tertiary/aromatic N) is 4. The third-order valence-corrected chi connectivity index (χ3v) is 5.17. The Hall–Kier alpha value is -3.11. The van der Waals surface area contributed by atoms with Crippen LogP contribution in [-0.4, -0.2) is 31.2 Å². The number of aromatic nitrogens is 4. The van der Waals surface area contributed by atoms with Gasteiger partial charge in [-0.25, -0.2) is 14.8 Å². The van der Waals surface area contributed by atoms with Crippen molar-refractivity contribution < 1.29 is 9.90 Å². The van der Waals surface area contributed by atoms with Crippen LogP contribution < -0.4 is 10.6 Å². The first-order chi connectivity index (χ1) is 12.6. The first kappa shape index (κ1) is 16.4. The zero-order valence-corrected chi connectivity index (χ0v) is 15.1. The number of fused-ring (bicyclic) bond motifs is 1. The van der Waals surface area contributed by atoms with Crippen molar-refractivity contribution >= 4 is 60.8 Å². The number of carboxylic acids is 1. The molecule has 0 saturated heterocycles. The molecular weight excluding hydrogens is 372 g/mol. The van der Waals surface area contributed by atoms with E-state index in [4.69, 9.17) is 5.11 Å². The van der Waals surface area contributed by atoms with E-state index in [0.29, 0.717) is 16.8 Å². The Morgan fingerprint density at radius 1 is 1.12 bits per heavy atom. The lowest BCUT2D eigenvalue weighted by Gasteiger charge is -2.07. The molecule has 4 rings (SSSR count). The van der Waals surface area contributed by atoms with Crippen LogP contribution in [0.2, 0.25) is 0 Å². The number of aromatic carboxylic acids is 1. The van der Waals surface area contributed by atoms with Gasteiger partial charge >= 0.3 is 5.97 Å². The van der Waals surface area contributed by atoms with Gasteiger partial charge in [-0.3, -0.25) is 0 Å². The van der Waals surface area contributed by atoms with Crippen LogP contribution in [0.1, 0.15) is 16.1 Å². The van der Waals surface area contributed by atoms with Gasteiger partial charge in [-0.15, -0.1) is 21.5 Å². The van der Waals surface area contributed by atoms with Crippen LogP contribution in [0.25, 0.3) is 10.2 Å². The average molecular weight is 384 g/mol. The summed E-state index contributed by atoms with van der Waals surface area (Å²) in [5.41, 5.74) is 1.77. The molecular formula is C16H12N6O2S2. The highest BCUT2D eigenvalue weighted by Gasteiger charge is 2.11. The highest BCUT2D eigenvalue weighted by molar-refractivity contribution is 7.22. The summed E-state index contributed by atoms with van der Waals surface area (Å²) >= 11 is 2.74. The summed E-state index contributed by atoms with van der Waals surface area (Å²) in [5, 5.41) is 26.0. The number of thiazole rings is 2. The van der Waals surface area contributed by atoms with Gasteiger partial charge in [-0.1, -0.05) is 23.5 Å². The number of aryl methyl sites for hydroxylation is 1. The van der Waals surface area contributed by atoms with Gasteiger partial charge in [0.2, 0.25) is 0 Å². The molecule has 0 amide bonds. The van der Waals surface area contributed by atoms with E-state index in [1.165, 1.54) is 16.7 Å². The predicted molar refractivity (Wildman–Crippen MR) is 102 cm³/mol. The van der Waals surface area contributed by atoms with Gasteiger partial charge in [0.15, 0.2) is 27.6 Å². The zero-order valence-electron chi connectivity index (χ0n) is 13.4. The lowest BCUT2D eigenvalue weighted by atomic mass is 10.3. The average Bonchev–Trinajstić information content (AvgIpc) is 3.23. The Balaban J connectivity index is 1.52. The maximum absolute atomic E-state index is 10.9. The minimum absolute atomic E-state index is 0.00256. The Labute approximate surface area is 155 Å². The fraction of sp³-hybridized carbons (Fsp3) is 0.0625. The van der Waals surface area contributed by atoms with Crippen LogP contribution in [0.15, 0.2) is 35.7 Å². The smallest absolute Gasteiger partial charge is 0.355 e. The highest BCUT2D eigenvalue weighted by atomic mass is 32.1. The molecule has 3 N–H and O–H groups in total. The summed E-state index contributed by atoms with van der Waals surface area (Å²) < 4.78 is 1.09. The van der Waals surface area contributed by atoms with Crippen molar-refractivity contribution in [3.8, 4) is 0 Å². The van der Waals surface area contributed by atoms with E-state index in [2.05, 4.69) is 30.8 Å². The van der Waals surface area contributed by atoms with Gasteiger partial charge in [0, 0.05) is 5.38 Å². The summed E-state index contributed by atoms with van der Waals surface area (Å²) in [6, 6.07) is 9.74. The van der Waals surface area contributed by atoms with E-state index in [9.17, 15) is 4.79 Å². The van der Waals surface area contributed by atoms with Gasteiger partial charge in [-0.05, 0) is 30.7 Å². The van der Waals surface area contributed by atoms with Crippen molar-refractivity contribution in [2.45, 2.75) is 6.92 Å². The molecule has 8 nitrogen and oxygen atoms in total. The summed E-state index contributed by atoms with van der Waals surface area (Å²) in [5.74, 6) is 0.0381. The van der Waals surface area contributed by atoms with E-state index in [1.54, 1.807) is 11.3 Å². The molecule has 0 aliphatic rings. The van der Waals surface area contributed by atoms with Gasteiger partial charge in [0.1, 0.15) is 0 Å². The third-order valence-electron chi connectivity index (χ3n) is 3.46. The molecule has 0 radical (unpaired) electrons. The first-order valence-corrected chi connectivity index (χ1v) is 9.21. The number of anilines is 4. The minimum Gasteiger partial charge on any atom is -0.476 e. The van der Waals surface area contributed by atoms with Crippen LogP contribution in [0, 0.1) is 6.92 Å². The monoisotopic (exact) mass is 384 g/mol. The molecule has 4 aromatic rings. The number of para-hydroxylation sites is 1. The van der Waals surface area contributed by atoms with Crippen LogP contribution >= 0.6 is 22.7 Å². The minimum atomic E-state index is -1.06. The van der Waals surface area contributed by atoms with Gasteiger partial charge in [0.25, 0.3) is 0 Å². The van der Waals surface area contributed by atoms with Crippen molar-refractivity contribution in [3.63, 3.8) is 0 Å². The second-order valence-electron chi connectivity index (χ2n) is 5.34. The standard InChI is InChI=1S/C16H12N6O2S2/c1-8-6-12(19-16-17-9-4-2-3-5-11(9)26-16)21-22-13(8)20-15-18-10(7-25-15)14(23)24/h2-7H,1H3,(H,23,24)(H,17,19,21)(H,18,20,22). The molecule has 10 heteroatoms. The van der Waals surface area contributed by atoms with Crippen LogP contribution in [-0.2, 0) is 0 Å². The summed E-state index contributed by atoms with van der Waals surface area (Å²) in [6.07, 6.45) is 0. The maximum Gasteiger partial charge on any atom is 0.355 e. The summed E-state index contributed by atoms with van der Waals surface area (Å²) in [4.78, 5) is 19.4. The lowest BCUT2D eigenvalue weighted by molar-refractivity contribution is 0.0691. The molecule has 3 heterocycles. The third kappa shape index (κ3) is 3.32. The van der Waals surface area contributed by atoms with Crippen molar-refractivity contribution in [2.75, 3.05) is 10.6 Å². The van der Waals surface area contributed by atoms with E-state index in [0.717, 1.165) is 20.9 Å². The molecule has 0 aliphatic carbocycles. The maximum atomic E-state index is 10.9. The topological polar surface area (TPSA) is 113 Å². The summed E-state index contributed by atoms with van der Waals surface area (Å²) in [7, 11) is 0. The Morgan fingerprint density at radius 2 is 1.96 bits per heavy atom. The number of hydrogen-bond donors (Lipinski definition) is 3. The van der Waals surface area contributed by atoms with Crippen molar-refractivity contribution in [3.05, 3.63) is 47.0 Å². The van der Waals surface area contributed by atoms with Crippen LogP contribution in [0.3, 0.4) is 0 Å². The van der Waals surface area contributed by atoms with Gasteiger partial charge in [-0.2, -0.15) is 0 Å². The molecule has 3 aromatic heterocycles. The molecule has 0 spiro atoms. The van der Waals surface area contributed by atoms with Crippen molar-refractivity contribution in [1.82, 2.24) is 20.2 Å². The fourth-order valence-electron chi connectivity index (χ4n) is 2.24. The van der Waals surface area contributed by atoms with Gasteiger partial charge < -0.3 is 15.7 Å². The Bertz CT molecular complexity index is 1070. The number of rotatable bonds is 5. The van der Waals surface area contributed by atoms with Crippen LogP contribution in [0.4, 0.5) is 21.9 Å². The van der Waals surface area contributed by atoms with Gasteiger partial charge in [0.05, 0.1) is 10.2 Å². The highest BCUT2D eigenvalue weighted by Crippen LogP contribution is 2.28. The molecule has 0 aliphatic heterocycles. The lowest BCUT2D eigenvalue weighted by Crippen LogP contribution is -2.02. The molecule has 0 bridgehead atoms. The second-order valence-corrected chi connectivity index (χ2v) is 7.23. The Kier molecular flexibility index (Phi) is 4.19. The number of nitrogens with one attached hydrogen (secondary N) is 2. The van der Waals surface area contributed by atoms with E-state index >= 15 is 0 Å². The fourth-order valence-corrected chi connectivity index (χ4v) is 3.79. The quantitative estimate of drug-likeness (QED) is 0.472. The first-order valence-electron chi connectivity index (χ1n) is 7.51.